The second-order valence-corrected chi connectivity index (χ2v) is 7.88. The molecule has 0 spiro atoms. The zero-order valence-corrected chi connectivity index (χ0v) is 13.7. The number of aromatic nitrogens is 2. The van der Waals surface area contributed by atoms with Gasteiger partial charge < -0.3 is 15.5 Å². The van der Waals surface area contributed by atoms with Gasteiger partial charge in [0, 0.05) is 17.4 Å². The van der Waals surface area contributed by atoms with E-state index in [1.807, 2.05) is 18.2 Å². The van der Waals surface area contributed by atoms with Crippen LogP contribution in [0.5, 0.6) is 5.75 Å². The fourth-order valence-electron chi connectivity index (χ4n) is 2.96. The summed E-state index contributed by atoms with van der Waals surface area (Å²) in [5.74, 6) is 0.846. The number of hydrogen-bond acceptors (Lipinski definition) is 4. The normalized spacial score (nSPS) is 25.1. The number of nitrogens with zero attached hydrogens (tertiary/aromatic N) is 1. The number of ether oxygens (including phenoxy) is 1. The molecule has 2 unspecified atom stereocenters. The lowest BCUT2D eigenvalue weighted by Crippen LogP contribution is -2.41. The largest absolute Gasteiger partial charge is 0.497 e. The van der Waals surface area contributed by atoms with Gasteiger partial charge in [0.25, 0.3) is 0 Å². The molecule has 3 rings (SSSR count). The van der Waals surface area contributed by atoms with Crippen LogP contribution in [-0.2, 0) is 0 Å². The molecule has 2 aromatic rings. The van der Waals surface area contributed by atoms with Crippen molar-refractivity contribution in [3.05, 3.63) is 18.2 Å². The monoisotopic (exact) mass is 305 g/mol. The van der Waals surface area contributed by atoms with Crippen LogP contribution in [0.25, 0.3) is 11.0 Å². The number of nitrogens with one attached hydrogen (secondary N) is 1. The SMILES string of the molecule is COc1ccc2nc(SC3CC(C)(C)CCC3N)[nH]c2c1. The lowest BCUT2D eigenvalue weighted by molar-refractivity contribution is 0.232. The van der Waals surface area contributed by atoms with E-state index in [1.165, 1.54) is 6.42 Å². The number of fused-ring (bicyclic) bond motifs is 1. The predicted octanol–water partition coefficient (Wildman–Crippen LogP) is 3.57. The molecule has 1 saturated carbocycles. The van der Waals surface area contributed by atoms with Gasteiger partial charge in [-0.25, -0.2) is 4.98 Å². The molecule has 1 aromatic heterocycles. The van der Waals surface area contributed by atoms with E-state index in [-0.39, 0.29) is 6.04 Å². The highest BCUT2D eigenvalue weighted by Crippen LogP contribution is 2.41. The molecule has 5 heteroatoms. The molecule has 1 aliphatic rings. The predicted molar refractivity (Wildman–Crippen MR) is 87.9 cm³/mol. The summed E-state index contributed by atoms with van der Waals surface area (Å²) in [5.41, 5.74) is 8.67. The highest BCUT2D eigenvalue weighted by molar-refractivity contribution is 7.99. The van der Waals surface area contributed by atoms with Gasteiger partial charge in [-0.15, -0.1) is 0 Å². The van der Waals surface area contributed by atoms with E-state index in [1.54, 1.807) is 18.9 Å². The molecule has 1 heterocycles. The second kappa shape index (κ2) is 5.54. The summed E-state index contributed by atoms with van der Waals surface area (Å²) >= 11 is 1.78. The average molecular weight is 305 g/mol. The fraction of sp³-hybridized carbons (Fsp3) is 0.562. The number of aromatic amines is 1. The van der Waals surface area contributed by atoms with Crippen molar-refractivity contribution < 1.29 is 4.74 Å². The first-order chi connectivity index (χ1) is 9.97. The van der Waals surface area contributed by atoms with Crippen molar-refractivity contribution in [1.82, 2.24) is 9.97 Å². The van der Waals surface area contributed by atoms with Crippen molar-refractivity contribution in [2.45, 2.75) is 49.6 Å². The van der Waals surface area contributed by atoms with Crippen LogP contribution in [-0.4, -0.2) is 28.4 Å². The van der Waals surface area contributed by atoms with E-state index in [4.69, 9.17) is 10.5 Å². The van der Waals surface area contributed by atoms with E-state index in [9.17, 15) is 0 Å². The molecule has 0 radical (unpaired) electrons. The molecule has 4 nitrogen and oxygen atoms in total. The van der Waals surface area contributed by atoms with Crippen molar-refractivity contribution in [1.29, 1.82) is 0 Å². The minimum absolute atomic E-state index is 0.255. The molecular formula is C16H23N3OS. The summed E-state index contributed by atoms with van der Waals surface area (Å²) in [4.78, 5) is 8.04. The van der Waals surface area contributed by atoms with Crippen molar-refractivity contribution in [3.63, 3.8) is 0 Å². The molecular weight excluding hydrogens is 282 g/mol. The van der Waals surface area contributed by atoms with Crippen LogP contribution in [0.3, 0.4) is 0 Å². The highest BCUT2D eigenvalue weighted by Gasteiger charge is 2.34. The third-order valence-electron chi connectivity index (χ3n) is 4.32. The Kier molecular flexibility index (Phi) is 3.88. The molecule has 0 bridgehead atoms. The summed E-state index contributed by atoms with van der Waals surface area (Å²) in [5, 5.41) is 1.38. The number of imidazole rings is 1. The van der Waals surface area contributed by atoms with Crippen molar-refractivity contribution >= 4 is 22.8 Å². The van der Waals surface area contributed by atoms with Gasteiger partial charge in [-0.05, 0) is 36.8 Å². The summed E-state index contributed by atoms with van der Waals surface area (Å²) in [6.07, 6.45) is 3.44. The molecule has 1 fully saturated rings. The maximum Gasteiger partial charge on any atom is 0.166 e. The molecule has 114 valence electrons. The Bertz CT molecular complexity index is 637. The molecule has 1 aromatic carbocycles. The number of H-pyrrole nitrogens is 1. The van der Waals surface area contributed by atoms with E-state index >= 15 is 0 Å². The van der Waals surface area contributed by atoms with Crippen LogP contribution in [0.15, 0.2) is 23.4 Å². The van der Waals surface area contributed by atoms with Gasteiger partial charge in [0.15, 0.2) is 5.16 Å². The summed E-state index contributed by atoms with van der Waals surface area (Å²) in [6.45, 7) is 4.66. The Morgan fingerprint density at radius 2 is 2.24 bits per heavy atom. The Hall–Kier alpha value is -1.20. The molecule has 2 atom stereocenters. The molecule has 21 heavy (non-hydrogen) atoms. The van der Waals surface area contributed by atoms with Crippen LogP contribution in [0.1, 0.15) is 33.1 Å². The van der Waals surface area contributed by atoms with Gasteiger partial charge in [-0.3, -0.25) is 0 Å². The van der Waals surface area contributed by atoms with Crippen LogP contribution in [0, 0.1) is 5.41 Å². The molecule has 0 saturated heterocycles. The van der Waals surface area contributed by atoms with Crippen molar-refractivity contribution in [2.75, 3.05) is 7.11 Å². The van der Waals surface area contributed by atoms with Gasteiger partial charge in [-0.1, -0.05) is 25.6 Å². The minimum atomic E-state index is 0.255. The second-order valence-electron chi connectivity index (χ2n) is 6.65. The number of rotatable bonds is 3. The maximum absolute atomic E-state index is 6.31. The van der Waals surface area contributed by atoms with Crippen LogP contribution < -0.4 is 10.5 Å². The van der Waals surface area contributed by atoms with Crippen LogP contribution >= 0.6 is 11.8 Å². The molecule has 0 amide bonds. The first-order valence-electron chi connectivity index (χ1n) is 7.43. The maximum atomic E-state index is 6.31. The number of methoxy groups -OCH3 is 1. The van der Waals surface area contributed by atoms with Crippen LogP contribution in [0.2, 0.25) is 0 Å². The fourth-order valence-corrected chi connectivity index (χ4v) is 4.41. The standard InChI is InChI=1S/C16H23N3OS/c1-16(2)7-6-11(17)14(9-16)21-15-18-12-5-4-10(20-3)8-13(12)19-15/h4-5,8,11,14H,6-7,9,17H2,1-3H3,(H,18,19). The van der Waals surface area contributed by atoms with E-state index in [0.717, 1.165) is 34.8 Å². The third kappa shape index (κ3) is 3.19. The van der Waals surface area contributed by atoms with Gasteiger partial charge in [0.2, 0.25) is 0 Å². The first kappa shape index (κ1) is 14.7. The van der Waals surface area contributed by atoms with E-state index in [2.05, 4.69) is 23.8 Å². The summed E-state index contributed by atoms with van der Waals surface area (Å²) in [6, 6.07) is 6.16. The lowest BCUT2D eigenvalue weighted by atomic mass is 9.75. The first-order valence-corrected chi connectivity index (χ1v) is 8.31. The topological polar surface area (TPSA) is 63.9 Å². The highest BCUT2D eigenvalue weighted by atomic mass is 32.2. The lowest BCUT2D eigenvalue weighted by Gasteiger charge is -2.38. The quantitative estimate of drug-likeness (QED) is 0.910. The molecule has 0 aliphatic heterocycles. The number of benzene rings is 1. The Labute approximate surface area is 129 Å². The summed E-state index contributed by atoms with van der Waals surface area (Å²) < 4.78 is 5.25. The van der Waals surface area contributed by atoms with Gasteiger partial charge in [0.05, 0.1) is 18.1 Å². The Morgan fingerprint density at radius 1 is 1.43 bits per heavy atom. The molecule has 1 aliphatic carbocycles. The average Bonchev–Trinajstić information content (AvgIpc) is 2.83. The number of thioether (sulfide) groups is 1. The third-order valence-corrected chi connectivity index (χ3v) is 5.55. The number of hydrogen-bond donors (Lipinski definition) is 2. The van der Waals surface area contributed by atoms with Gasteiger partial charge >= 0.3 is 0 Å². The van der Waals surface area contributed by atoms with Crippen molar-refractivity contribution in [3.8, 4) is 5.75 Å². The minimum Gasteiger partial charge on any atom is -0.497 e. The smallest absolute Gasteiger partial charge is 0.166 e. The Balaban J connectivity index is 1.80. The van der Waals surface area contributed by atoms with E-state index in [0.29, 0.717) is 10.7 Å². The van der Waals surface area contributed by atoms with Crippen molar-refractivity contribution in [2.24, 2.45) is 11.1 Å². The Morgan fingerprint density at radius 3 is 3.00 bits per heavy atom. The molecule has 3 N–H and O–H groups in total. The summed E-state index contributed by atoms with van der Waals surface area (Å²) in [7, 11) is 1.68. The zero-order valence-electron chi connectivity index (χ0n) is 12.8. The van der Waals surface area contributed by atoms with Gasteiger partial charge in [0.1, 0.15) is 5.75 Å². The van der Waals surface area contributed by atoms with Gasteiger partial charge in [-0.2, -0.15) is 0 Å². The van der Waals surface area contributed by atoms with E-state index < -0.39 is 0 Å². The zero-order chi connectivity index (χ0) is 15.0. The number of nitrogens with two attached hydrogens (primary N) is 1. The van der Waals surface area contributed by atoms with Crippen LogP contribution in [0.4, 0.5) is 0 Å².